The van der Waals surface area contributed by atoms with E-state index in [1.165, 1.54) is 23.5 Å². The lowest BCUT2D eigenvalue weighted by Gasteiger charge is -2.08. The molecule has 0 saturated heterocycles. The Balaban J connectivity index is 2.03. The fraction of sp³-hybridized carbons (Fsp3) is 0.182. The summed E-state index contributed by atoms with van der Waals surface area (Å²) in [5.74, 6) is -0.216. The number of nitrogens with zero attached hydrogens (tertiary/aromatic N) is 1. The Morgan fingerprint density at radius 2 is 1.94 bits per heavy atom. The molecule has 89 valence electrons. The highest BCUT2D eigenvalue weighted by atomic mass is 32.1. The number of benzene rings is 1. The molecular formula is C11H7F3NOS. The van der Waals surface area contributed by atoms with E-state index in [0.29, 0.717) is 6.42 Å². The molecular weight excluding hydrogens is 251 g/mol. The maximum absolute atomic E-state index is 11.9. The normalized spacial score (nSPS) is 11.5. The van der Waals surface area contributed by atoms with Crippen molar-refractivity contribution in [1.82, 2.24) is 4.98 Å². The van der Waals surface area contributed by atoms with Gasteiger partial charge in [-0.2, -0.15) is 0 Å². The molecule has 2 aromatic rings. The van der Waals surface area contributed by atoms with Crippen molar-refractivity contribution in [3.05, 3.63) is 46.4 Å². The van der Waals surface area contributed by atoms with E-state index in [2.05, 4.69) is 15.9 Å². The average molecular weight is 258 g/mol. The van der Waals surface area contributed by atoms with Crippen LogP contribution in [0.4, 0.5) is 13.2 Å². The van der Waals surface area contributed by atoms with Crippen LogP contribution in [0.15, 0.2) is 29.6 Å². The first-order chi connectivity index (χ1) is 8.03. The van der Waals surface area contributed by atoms with E-state index in [1.807, 2.05) is 0 Å². The Bertz CT molecular complexity index is 464. The van der Waals surface area contributed by atoms with Crippen LogP contribution in [0.1, 0.15) is 10.6 Å². The Morgan fingerprint density at radius 3 is 2.47 bits per heavy atom. The van der Waals surface area contributed by atoms with Crippen LogP contribution in [0.25, 0.3) is 0 Å². The Kier molecular flexibility index (Phi) is 3.33. The zero-order chi connectivity index (χ0) is 12.3. The molecule has 0 aliphatic heterocycles. The van der Waals surface area contributed by atoms with Crippen molar-refractivity contribution in [1.29, 1.82) is 0 Å². The van der Waals surface area contributed by atoms with Gasteiger partial charge in [-0.15, -0.1) is 24.5 Å². The first kappa shape index (κ1) is 11.9. The topological polar surface area (TPSA) is 22.1 Å². The lowest BCUT2D eigenvalue weighted by atomic mass is 10.1. The van der Waals surface area contributed by atoms with Crippen LogP contribution < -0.4 is 4.74 Å². The summed E-state index contributed by atoms with van der Waals surface area (Å²) in [6, 6.07) is 5.76. The van der Waals surface area contributed by atoms with Crippen molar-refractivity contribution >= 4 is 11.3 Å². The van der Waals surface area contributed by atoms with Crippen LogP contribution in [-0.4, -0.2) is 11.3 Å². The maximum Gasteiger partial charge on any atom is 0.573 e. The largest absolute Gasteiger partial charge is 0.573 e. The number of halogens is 3. The van der Waals surface area contributed by atoms with E-state index >= 15 is 0 Å². The van der Waals surface area contributed by atoms with Crippen molar-refractivity contribution in [3.63, 3.8) is 0 Å². The van der Waals surface area contributed by atoms with Crippen molar-refractivity contribution in [2.75, 3.05) is 0 Å². The average Bonchev–Trinajstić information content (AvgIpc) is 2.71. The fourth-order valence-corrected chi connectivity index (χ4v) is 1.88. The van der Waals surface area contributed by atoms with Gasteiger partial charge in [0.1, 0.15) is 11.9 Å². The highest BCUT2D eigenvalue weighted by Gasteiger charge is 2.30. The van der Waals surface area contributed by atoms with E-state index < -0.39 is 6.36 Å². The third-order valence-electron chi connectivity index (χ3n) is 1.95. The standard InChI is InChI=1S/C11H7F3NOS/c12-11(13,14)16-9-3-1-8(2-4-9)7-10-15-5-6-17-10/h1-4,6H,7H2. The molecule has 0 amide bonds. The van der Waals surface area contributed by atoms with Gasteiger partial charge in [0.25, 0.3) is 0 Å². The van der Waals surface area contributed by atoms with Gasteiger partial charge in [-0.25, -0.2) is 4.98 Å². The number of ether oxygens (including phenoxy) is 1. The first-order valence-corrected chi connectivity index (χ1v) is 5.56. The molecule has 0 aliphatic rings. The quantitative estimate of drug-likeness (QED) is 0.841. The second-order valence-corrected chi connectivity index (χ2v) is 4.18. The van der Waals surface area contributed by atoms with Gasteiger partial charge in [-0.1, -0.05) is 12.1 Å². The van der Waals surface area contributed by atoms with Crippen molar-refractivity contribution in [3.8, 4) is 5.75 Å². The van der Waals surface area contributed by atoms with Crippen molar-refractivity contribution in [2.45, 2.75) is 12.8 Å². The van der Waals surface area contributed by atoms with Gasteiger partial charge in [0.05, 0.1) is 5.01 Å². The lowest BCUT2D eigenvalue weighted by Crippen LogP contribution is -2.17. The summed E-state index contributed by atoms with van der Waals surface area (Å²) in [5, 5.41) is 2.60. The molecule has 1 radical (unpaired) electrons. The van der Waals surface area contributed by atoms with Crippen LogP contribution in [0, 0.1) is 6.20 Å². The predicted molar refractivity (Wildman–Crippen MR) is 56.9 cm³/mol. The van der Waals surface area contributed by atoms with Gasteiger partial charge >= 0.3 is 6.36 Å². The second-order valence-electron chi connectivity index (χ2n) is 3.24. The molecule has 0 saturated carbocycles. The summed E-state index contributed by atoms with van der Waals surface area (Å²) in [5.41, 5.74) is 0.878. The molecule has 1 heterocycles. The van der Waals surface area contributed by atoms with Gasteiger partial charge in [0, 0.05) is 11.8 Å². The van der Waals surface area contributed by atoms with E-state index in [-0.39, 0.29) is 5.75 Å². The van der Waals surface area contributed by atoms with E-state index in [1.54, 1.807) is 17.5 Å². The van der Waals surface area contributed by atoms with Gasteiger partial charge in [0.15, 0.2) is 0 Å². The van der Waals surface area contributed by atoms with Gasteiger partial charge in [0.2, 0.25) is 0 Å². The zero-order valence-corrected chi connectivity index (χ0v) is 9.31. The molecule has 1 aromatic heterocycles. The fourth-order valence-electron chi connectivity index (χ4n) is 1.28. The minimum Gasteiger partial charge on any atom is -0.406 e. The highest BCUT2D eigenvalue weighted by Crippen LogP contribution is 2.23. The maximum atomic E-state index is 11.9. The summed E-state index contributed by atoms with van der Waals surface area (Å²) < 4.78 is 39.5. The summed E-state index contributed by atoms with van der Waals surface area (Å²) in [6.07, 6.45) is -1.38. The molecule has 1 aromatic carbocycles. The number of hydrogen-bond donors (Lipinski definition) is 0. The van der Waals surface area contributed by atoms with Gasteiger partial charge < -0.3 is 4.74 Å². The molecule has 2 rings (SSSR count). The predicted octanol–water partition coefficient (Wildman–Crippen LogP) is 3.43. The summed E-state index contributed by atoms with van der Waals surface area (Å²) in [6.45, 7) is 0. The molecule has 0 unspecified atom stereocenters. The van der Waals surface area contributed by atoms with E-state index in [9.17, 15) is 13.2 Å². The zero-order valence-electron chi connectivity index (χ0n) is 8.49. The minimum absolute atomic E-state index is 0.216. The van der Waals surface area contributed by atoms with Crippen LogP contribution >= 0.6 is 11.3 Å². The van der Waals surface area contributed by atoms with Crippen molar-refractivity contribution < 1.29 is 17.9 Å². The van der Waals surface area contributed by atoms with Crippen LogP contribution in [0.5, 0.6) is 5.75 Å². The molecule has 0 N–H and O–H groups in total. The summed E-state index contributed by atoms with van der Waals surface area (Å²) in [4.78, 5) is 3.98. The van der Waals surface area contributed by atoms with Crippen molar-refractivity contribution in [2.24, 2.45) is 0 Å². The molecule has 0 atom stereocenters. The Morgan fingerprint density at radius 1 is 1.24 bits per heavy atom. The SMILES string of the molecule is FC(F)(F)Oc1ccc(Cc2n[c]cs2)cc1. The summed E-state index contributed by atoms with van der Waals surface area (Å²) in [7, 11) is 0. The highest BCUT2D eigenvalue weighted by molar-refractivity contribution is 7.09. The van der Waals surface area contributed by atoms with Crippen LogP contribution in [-0.2, 0) is 6.42 Å². The number of alkyl halides is 3. The van der Waals surface area contributed by atoms with Gasteiger partial charge in [-0.3, -0.25) is 0 Å². The smallest absolute Gasteiger partial charge is 0.406 e. The third kappa shape index (κ3) is 3.74. The lowest BCUT2D eigenvalue weighted by molar-refractivity contribution is -0.274. The summed E-state index contributed by atoms with van der Waals surface area (Å²) >= 11 is 1.45. The monoisotopic (exact) mass is 258 g/mol. The molecule has 2 nitrogen and oxygen atoms in total. The molecule has 6 heteroatoms. The third-order valence-corrected chi connectivity index (χ3v) is 2.68. The van der Waals surface area contributed by atoms with E-state index in [0.717, 1.165) is 10.6 Å². The molecule has 17 heavy (non-hydrogen) atoms. The van der Waals surface area contributed by atoms with Gasteiger partial charge in [-0.05, 0) is 17.7 Å². The van der Waals surface area contributed by atoms with E-state index in [4.69, 9.17) is 0 Å². The second kappa shape index (κ2) is 4.75. The number of aromatic nitrogens is 1. The number of hydrogen-bond acceptors (Lipinski definition) is 3. The molecule has 0 bridgehead atoms. The van der Waals surface area contributed by atoms with Crippen LogP contribution in [0.3, 0.4) is 0 Å². The minimum atomic E-state index is -4.65. The number of thiazole rings is 1. The Labute approximate surface area is 99.7 Å². The number of rotatable bonds is 3. The Hall–Kier alpha value is -1.56. The molecule has 0 fully saturated rings. The molecule has 0 aliphatic carbocycles. The van der Waals surface area contributed by atoms with Crippen LogP contribution in [0.2, 0.25) is 0 Å². The first-order valence-electron chi connectivity index (χ1n) is 4.68. The molecule has 0 spiro atoms.